The summed E-state index contributed by atoms with van der Waals surface area (Å²) in [5.74, 6) is -0.944. The topological polar surface area (TPSA) is 152 Å². The van der Waals surface area contributed by atoms with Crippen LogP contribution in [0.25, 0.3) is 0 Å². The lowest BCUT2D eigenvalue weighted by molar-refractivity contribution is -0.305. The van der Waals surface area contributed by atoms with Crippen molar-refractivity contribution in [3.8, 4) is 0 Å². The van der Waals surface area contributed by atoms with Gasteiger partial charge in [0.15, 0.2) is 12.4 Å². The Bertz CT molecular complexity index is 1320. The standard InChI is InChI=1S/C49H76O10/c1-3-5-7-9-11-13-15-17-19-20-21-22-24-26-28-30-32-34-36-38-45(52)58-42(41-57-49-48(55)47(54)46(53)43(39-50)59-49)40-56-44(51)37-35-33-31-29-27-25-23-18-16-14-12-10-8-6-4-2/h6,8,10-14,16-19,21-23,26,28,32,34,42-43,46-50,53-55H,3-5,7,9,15,20,24-25,27,29-31,33,35-41H2,1-2H3/b8-6+,12-10+,13-11+,16-14+,19-17+,22-21+,23-18+,28-26+,34-32+/t42-,43-,46+,47?,48?,49-/m1/s1. The second-order valence-corrected chi connectivity index (χ2v) is 14.5. The first kappa shape index (κ1) is 53.4. The third-order valence-electron chi connectivity index (χ3n) is 9.25. The molecule has 1 rings (SSSR count). The second kappa shape index (κ2) is 38.6. The van der Waals surface area contributed by atoms with Crippen LogP contribution < -0.4 is 0 Å². The number of ether oxygens (including phenoxy) is 4. The number of hydrogen-bond acceptors (Lipinski definition) is 10. The number of hydrogen-bond donors (Lipinski definition) is 4. The van der Waals surface area contributed by atoms with E-state index in [0.29, 0.717) is 12.8 Å². The van der Waals surface area contributed by atoms with Crippen LogP contribution in [-0.2, 0) is 28.5 Å². The number of esters is 2. The van der Waals surface area contributed by atoms with Gasteiger partial charge in [-0.2, -0.15) is 0 Å². The first-order valence-electron chi connectivity index (χ1n) is 22.0. The highest BCUT2D eigenvalue weighted by Gasteiger charge is 2.44. The summed E-state index contributed by atoms with van der Waals surface area (Å²) in [6, 6.07) is 0. The Morgan fingerprint density at radius 2 is 1.10 bits per heavy atom. The minimum Gasteiger partial charge on any atom is -0.462 e. The van der Waals surface area contributed by atoms with Crippen molar-refractivity contribution >= 4 is 11.9 Å². The molecule has 1 fully saturated rings. The Morgan fingerprint density at radius 1 is 0.559 bits per heavy atom. The first-order chi connectivity index (χ1) is 28.8. The van der Waals surface area contributed by atoms with E-state index in [1.807, 2.05) is 42.5 Å². The van der Waals surface area contributed by atoms with Gasteiger partial charge in [-0.05, 0) is 70.6 Å². The number of carbonyl (C=O) groups is 2. The number of aliphatic hydroxyl groups excluding tert-OH is 4. The van der Waals surface area contributed by atoms with Crippen molar-refractivity contribution < 1.29 is 49.0 Å². The summed E-state index contributed by atoms with van der Waals surface area (Å²) in [6.45, 7) is 3.13. The van der Waals surface area contributed by atoms with Crippen molar-refractivity contribution in [2.45, 2.75) is 166 Å². The van der Waals surface area contributed by atoms with Gasteiger partial charge < -0.3 is 39.4 Å². The predicted octanol–water partition coefficient (Wildman–Crippen LogP) is 9.33. The van der Waals surface area contributed by atoms with E-state index in [9.17, 15) is 30.0 Å². The highest BCUT2D eigenvalue weighted by Crippen LogP contribution is 2.22. The van der Waals surface area contributed by atoms with Crippen LogP contribution in [0.2, 0.25) is 0 Å². The lowest BCUT2D eigenvalue weighted by atomic mass is 9.99. The second-order valence-electron chi connectivity index (χ2n) is 14.5. The summed E-state index contributed by atoms with van der Waals surface area (Å²) in [7, 11) is 0. The summed E-state index contributed by atoms with van der Waals surface area (Å²) in [4.78, 5) is 25.3. The molecule has 0 amide bonds. The molecule has 0 aromatic carbocycles. The predicted molar refractivity (Wildman–Crippen MR) is 237 cm³/mol. The first-order valence-corrected chi connectivity index (χ1v) is 22.0. The molecular formula is C49H76O10. The van der Waals surface area contributed by atoms with Crippen LogP contribution in [0.1, 0.15) is 129 Å². The number of carbonyl (C=O) groups excluding carboxylic acids is 2. The van der Waals surface area contributed by atoms with Gasteiger partial charge in [-0.15, -0.1) is 0 Å². The fourth-order valence-corrected chi connectivity index (χ4v) is 5.77. The van der Waals surface area contributed by atoms with Gasteiger partial charge in [0.2, 0.25) is 0 Å². The fraction of sp³-hybridized carbons (Fsp3) is 0.592. The third kappa shape index (κ3) is 30.1. The molecule has 332 valence electrons. The SMILES string of the molecule is CC/C=C/C=C/C=C/C=C/CCCCCCCC(=O)OC[C@H](CO[C@@H]1O[C@H](CO)[C@H](O)C(O)C1O)OC(=O)CC/C=C/C/C=C/C/C=C/C/C=C/C/C=C/CCCCC. The quantitative estimate of drug-likeness (QED) is 0.0214. The molecule has 6 atom stereocenters. The van der Waals surface area contributed by atoms with Crippen LogP contribution in [0, 0.1) is 0 Å². The monoisotopic (exact) mass is 825 g/mol. The number of unbranched alkanes of at least 4 members (excludes halogenated alkanes) is 8. The molecule has 0 aliphatic carbocycles. The van der Waals surface area contributed by atoms with E-state index in [0.717, 1.165) is 64.2 Å². The summed E-state index contributed by atoms with van der Waals surface area (Å²) in [6.07, 6.45) is 45.3. The van der Waals surface area contributed by atoms with Gasteiger partial charge in [-0.3, -0.25) is 9.59 Å². The van der Waals surface area contributed by atoms with Crippen LogP contribution in [0.4, 0.5) is 0 Å². The van der Waals surface area contributed by atoms with Crippen LogP contribution in [0.15, 0.2) is 109 Å². The van der Waals surface area contributed by atoms with Gasteiger partial charge in [-0.25, -0.2) is 0 Å². The summed E-state index contributed by atoms with van der Waals surface area (Å²) < 4.78 is 22.0. The maximum atomic E-state index is 12.7. The van der Waals surface area contributed by atoms with Gasteiger partial charge >= 0.3 is 11.9 Å². The van der Waals surface area contributed by atoms with Crippen molar-refractivity contribution in [2.24, 2.45) is 0 Å². The van der Waals surface area contributed by atoms with Crippen LogP contribution in [0.3, 0.4) is 0 Å². The lowest BCUT2D eigenvalue weighted by Crippen LogP contribution is -2.59. The average Bonchev–Trinajstić information content (AvgIpc) is 3.23. The van der Waals surface area contributed by atoms with E-state index in [-0.39, 0.29) is 26.1 Å². The maximum Gasteiger partial charge on any atom is 0.306 e. The molecule has 0 aromatic rings. The zero-order valence-corrected chi connectivity index (χ0v) is 35.9. The molecule has 0 bridgehead atoms. The van der Waals surface area contributed by atoms with E-state index in [4.69, 9.17) is 18.9 Å². The Kier molecular flexibility index (Phi) is 34.9. The van der Waals surface area contributed by atoms with E-state index in [1.165, 1.54) is 25.7 Å². The minimum atomic E-state index is -1.62. The molecule has 10 nitrogen and oxygen atoms in total. The maximum absolute atomic E-state index is 12.7. The molecule has 0 saturated carbocycles. The number of aliphatic hydroxyl groups is 4. The van der Waals surface area contributed by atoms with Crippen LogP contribution in [-0.4, -0.2) is 89.0 Å². The normalized spacial score (nSPS) is 21.1. The van der Waals surface area contributed by atoms with Gasteiger partial charge in [0.25, 0.3) is 0 Å². The largest absolute Gasteiger partial charge is 0.462 e. The molecular weight excluding hydrogens is 749 g/mol. The van der Waals surface area contributed by atoms with Gasteiger partial charge in [0, 0.05) is 12.8 Å². The molecule has 1 saturated heterocycles. The summed E-state index contributed by atoms with van der Waals surface area (Å²) in [5, 5.41) is 40.0. The Hall–Kier alpha value is -3.64. The fourth-order valence-electron chi connectivity index (χ4n) is 5.77. The molecule has 59 heavy (non-hydrogen) atoms. The molecule has 0 spiro atoms. The highest BCUT2D eigenvalue weighted by molar-refractivity contribution is 5.70. The van der Waals surface area contributed by atoms with Gasteiger partial charge in [-0.1, -0.05) is 155 Å². The molecule has 4 N–H and O–H groups in total. The highest BCUT2D eigenvalue weighted by atomic mass is 16.7. The Labute approximate surface area is 355 Å². The summed E-state index contributed by atoms with van der Waals surface area (Å²) in [5.41, 5.74) is 0. The molecule has 0 radical (unpaired) electrons. The van der Waals surface area contributed by atoms with Crippen molar-refractivity contribution in [1.29, 1.82) is 0 Å². The number of allylic oxidation sites excluding steroid dienone is 18. The summed E-state index contributed by atoms with van der Waals surface area (Å²) >= 11 is 0. The zero-order valence-electron chi connectivity index (χ0n) is 35.9. The Balaban J connectivity index is 2.43. The van der Waals surface area contributed by atoms with Gasteiger partial charge in [0.1, 0.15) is 31.0 Å². The lowest BCUT2D eigenvalue weighted by Gasteiger charge is -2.39. The Morgan fingerprint density at radius 3 is 1.73 bits per heavy atom. The van der Waals surface area contributed by atoms with Crippen LogP contribution in [0.5, 0.6) is 0 Å². The molecule has 10 heteroatoms. The third-order valence-corrected chi connectivity index (χ3v) is 9.25. The van der Waals surface area contributed by atoms with Crippen LogP contribution >= 0.6 is 0 Å². The van der Waals surface area contributed by atoms with Crippen molar-refractivity contribution in [3.05, 3.63) is 109 Å². The smallest absolute Gasteiger partial charge is 0.306 e. The van der Waals surface area contributed by atoms with Crippen molar-refractivity contribution in [2.75, 3.05) is 19.8 Å². The molecule has 0 aromatic heterocycles. The van der Waals surface area contributed by atoms with E-state index in [2.05, 4.69) is 80.7 Å². The van der Waals surface area contributed by atoms with Crippen molar-refractivity contribution in [3.63, 3.8) is 0 Å². The molecule has 2 unspecified atom stereocenters. The molecule has 1 heterocycles. The van der Waals surface area contributed by atoms with Crippen molar-refractivity contribution in [1.82, 2.24) is 0 Å². The van der Waals surface area contributed by atoms with E-state index in [1.54, 1.807) is 0 Å². The minimum absolute atomic E-state index is 0.0936. The zero-order chi connectivity index (χ0) is 43.0. The van der Waals surface area contributed by atoms with Gasteiger partial charge in [0.05, 0.1) is 13.2 Å². The van der Waals surface area contributed by atoms with E-state index >= 15 is 0 Å². The molecule has 1 aliphatic heterocycles. The number of rotatable bonds is 34. The molecule has 1 aliphatic rings. The van der Waals surface area contributed by atoms with E-state index < -0.39 is 55.4 Å². The average molecular weight is 825 g/mol.